The van der Waals surface area contributed by atoms with Crippen molar-refractivity contribution in [3.05, 3.63) is 46.2 Å². The van der Waals surface area contributed by atoms with Crippen molar-refractivity contribution in [1.82, 2.24) is 4.98 Å². The number of hydrogen-bond donors (Lipinski definition) is 1. The maximum Gasteiger partial charge on any atom is 0.251 e. The van der Waals surface area contributed by atoms with Gasteiger partial charge in [-0.2, -0.15) is 0 Å². The number of aryl methyl sites for hydroxylation is 1. The van der Waals surface area contributed by atoms with Gasteiger partial charge in [0, 0.05) is 11.1 Å². The molecule has 1 aromatic carbocycles. The third-order valence-corrected chi connectivity index (χ3v) is 6.63. The molecule has 174 valence electrons. The van der Waals surface area contributed by atoms with E-state index in [2.05, 4.69) is 24.0 Å². The topological polar surface area (TPSA) is 32.9 Å². The maximum absolute atomic E-state index is 12.2. The van der Waals surface area contributed by atoms with E-state index in [1.807, 2.05) is 18.2 Å². The van der Waals surface area contributed by atoms with Crippen molar-refractivity contribution in [3.8, 4) is 0 Å². The number of benzene rings is 1. The summed E-state index contributed by atoms with van der Waals surface area (Å²) in [7, 11) is 0. The molecule has 2 rings (SSSR count). The Morgan fingerprint density at radius 2 is 1.06 bits per heavy atom. The number of aromatic nitrogens is 1. The van der Waals surface area contributed by atoms with Crippen LogP contribution in [0.2, 0.25) is 0 Å². The Morgan fingerprint density at radius 1 is 0.613 bits per heavy atom. The van der Waals surface area contributed by atoms with Crippen molar-refractivity contribution in [1.29, 1.82) is 0 Å². The molecule has 0 aliphatic rings. The van der Waals surface area contributed by atoms with Crippen LogP contribution in [0.3, 0.4) is 0 Å². The molecule has 0 aliphatic heterocycles. The Labute approximate surface area is 191 Å². The van der Waals surface area contributed by atoms with Crippen molar-refractivity contribution in [3.63, 3.8) is 0 Å². The lowest BCUT2D eigenvalue weighted by atomic mass is 10.0. The molecule has 0 saturated heterocycles. The fraction of sp³-hybridized carbons (Fsp3) is 0.690. The van der Waals surface area contributed by atoms with Gasteiger partial charge >= 0.3 is 0 Å². The van der Waals surface area contributed by atoms with E-state index >= 15 is 0 Å². The Morgan fingerprint density at radius 3 is 1.58 bits per heavy atom. The van der Waals surface area contributed by atoms with Gasteiger partial charge in [-0.15, -0.1) is 0 Å². The molecule has 2 aromatic rings. The molecular weight excluding hydrogens is 378 g/mol. The third kappa shape index (κ3) is 11.6. The van der Waals surface area contributed by atoms with Crippen molar-refractivity contribution in [2.75, 3.05) is 0 Å². The molecule has 0 fully saturated rings. The molecule has 0 atom stereocenters. The van der Waals surface area contributed by atoms with E-state index in [4.69, 9.17) is 0 Å². The molecular formula is C29H47NO. The zero-order valence-electron chi connectivity index (χ0n) is 20.2. The Hall–Kier alpha value is -1.57. The summed E-state index contributed by atoms with van der Waals surface area (Å²) < 4.78 is 0. The summed E-state index contributed by atoms with van der Waals surface area (Å²) in [5.74, 6) is 0. The van der Waals surface area contributed by atoms with Gasteiger partial charge < -0.3 is 4.98 Å². The summed E-state index contributed by atoms with van der Waals surface area (Å²) in [6, 6.07) is 10.1. The largest absolute Gasteiger partial charge is 0.322 e. The molecule has 0 spiro atoms. The highest BCUT2D eigenvalue weighted by atomic mass is 16.1. The van der Waals surface area contributed by atoms with Crippen LogP contribution in [0.25, 0.3) is 10.9 Å². The number of fused-ring (bicyclic) bond motifs is 1. The minimum atomic E-state index is 0.0886. The van der Waals surface area contributed by atoms with Crippen LogP contribution in [0.15, 0.2) is 35.1 Å². The predicted octanol–water partition coefficient (Wildman–Crippen LogP) is 9.11. The molecule has 0 bridgehead atoms. The number of nitrogens with one attached hydrogen (secondary N) is 1. The van der Waals surface area contributed by atoms with Gasteiger partial charge in [-0.1, -0.05) is 134 Å². The van der Waals surface area contributed by atoms with Gasteiger partial charge in [0.25, 0.3) is 5.56 Å². The van der Waals surface area contributed by atoms with Gasteiger partial charge in [-0.25, -0.2) is 0 Å². The van der Waals surface area contributed by atoms with Crippen molar-refractivity contribution in [2.24, 2.45) is 0 Å². The molecule has 2 nitrogen and oxygen atoms in total. The standard InChI is InChI=1S/C29H47NO/c1-2-3-4-5-6-7-8-9-10-11-12-13-14-15-16-17-18-19-23-27-25-26-22-20-21-24-28(26)30-29(27)31/h20-22,24-25H,2-19,23H2,1H3,(H,30,31). The highest BCUT2D eigenvalue weighted by molar-refractivity contribution is 5.78. The molecule has 0 amide bonds. The highest BCUT2D eigenvalue weighted by Gasteiger charge is 2.02. The van der Waals surface area contributed by atoms with E-state index < -0.39 is 0 Å². The average Bonchev–Trinajstić information content (AvgIpc) is 2.78. The highest BCUT2D eigenvalue weighted by Crippen LogP contribution is 2.15. The average molecular weight is 426 g/mol. The minimum absolute atomic E-state index is 0.0886. The van der Waals surface area contributed by atoms with Gasteiger partial charge in [-0.05, 0) is 30.4 Å². The van der Waals surface area contributed by atoms with Crippen LogP contribution >= 0.6 is 0 Å². The van der Waals surface area contributed by atoms with Crippen molar-refractivity contribution < 1.29 is 0 Å². The number of pyridine rings is 1. The number of hydrogen-bond acceptors (Lipinski definition) is 1. The molecule has 1 N–H and O–H groups in total. The summed E-state index contributed by atoms with van der Waals surface area (Å²) in [6.07, 6.45) is 26.0. The number of unbranched alkanes of at least 4 members (excludes halogenated alkanes) is 17. The Bertz CT molecular complexity index is 748. The second kappa shape index (κ2) is 17.0. The van der Waals surface area contributed by atoms with E-state index in [-0.39, 0.29) is 5.56 Å². The first-order valence-electron chi connectivity index (χ1n) is 13.4. The molecule has 0 radical (unpaired) electrons. The zero-order valence-corrected chi connectivity index (χ0v) is 20.2. The van der Waals surface area contributed by atoms with Crippen molar-refractivity contribution in [2.45, 2.75) is 129 Å². The van der Waals surface area contributed by atoms with Gasteiger partial charge in [0.15, 0.2) is 0 Å². The molecule has 0 unspecified atom stereocenters. The second-order valence-electron chi connectivity index (χ2n) is 9.47. The molecule has 0 saturated carbocycles. The van der Waals surface area contributed by atoms with E-state index in [1.165, 1.54) is 109 Å². The van der Waals surface area contributed by atoms with Gasteiger partial charge in [0.1, 0.15) is 0 Å². The first-order chi connectivity index (χ1) is 15.3. The fourth-order valence-corrected chi connectivity index (χ4v) is 4.60. The van der Waals surface area contributed by atoms with Crippen LogP contribution in [-0.4, -0.2) is 4.98 Å². The summed E-state index contributed by atoms with van der Waals surface area (Å²) in [5.41, 5.74) is 1.97. The van der Waals surface area contributed by atoms with E-state index in [9.17, 15) is 4.79 Å². The van der Waals surface area contributed by atoms with Crippen LogP contribution < -0.4 is 5.56 Å². The SMILES string of the molecule is CCCCCCCCCCCCCCCCCCCCc1cc2ccccc2[nH]c1=O. The normalized spacial score (nSPS) is 11.4. The molecule has 31 heavy (non-hydrogen) atoms. The fourth-order valence-electron chi connectivity index (χ4n) is 4.60. The van der Waals surface area contributed by atoms with E-state index in [0.29, 0.717) is 0 Å². The molecule has 2 heteroatoms. The first kappa shape index (κ1) is 25.7. The molecule has 1 aromatic heterocycles. The van der Waals surface area contributed by atoms with Gasteiger partial charge in [-0.3, -0.25) is 4.79 Å². The number of H-pyrrole nitrogens is 1. The smallest absolute Gasteiger partial charge is 0.251 e. The Kier molecular flexibility index (Phi) is 14.1. The third-order valence-electron chi connectivity index (χ3n) is 6.63. The summed E-state index contributed by atoms with van der Waals surface area (Å²) in [6.45, 7) is 2.29. The van der Waals surface area contributed by atoms with Crippen molar-refractivity contribution >= 4 is 10.9 Å². The zero-order chi connectivity index (χ0) is 22.0. The maximum atomic E-state index is 12.2. The summed E-state index contributed by atoms with van der Waals surface area (Å²) in [5, 5.41) is 1.14. The summed E-state index contributed by atoms with van der Waals surface area (Å²) >= 11 is 0. The quantitative estimate of drug-likeness (QED) is 0.224. The number of rotatable bonds is 19. The minimum Gasteiger partial charge on any atom is -0.322 e. The monoisotopic (exact) mass is 425 g/mol. The Balaban J connectivity index is 1.36. The van der Waals surface area contributed by atoms with Gasteiger partial charge in [0.2, 0.25) is 0 Å². The number of aromatic amines is 1. The first-order valence-corrected chi connectivity index (χ1v) is 13.4. The van der Waals surface area contributed by atoms with E-state index in [0.717, 1.165) is 29.3 Å². The van der Waals surface area contributed by atoms with E-state index in [1.54, 1.807) is 0 Å². The summed E-state index contributed by atoms with van der Waals surface area (Å²) in [4.78, 5) is 15.2. The van der Waals surface area contributed by atoms with Gasteiger partial charge in [0.05, 0.1) is 0 Å². The lowest BCUT2D eigenvalue weighted by molar-refractivity contribution is 0.525. The van der Waals surface area contributed by atoms with Crippen LogP contribution in [0, 0.1) is 0 Å². The van der Waals surface area contributed by atoms with Crippen LogP contribution in [0.1, 0.15) is 128 Å². The van der Waals surface area contributed by atoms with Crippen LogP contribution in [0.5, 0.6) is 0 Å². The molecule has 0 aliphatic carbocycles. The second-order valence-corrected chi connectivity index (χ2v) is 9.47. The lowest BCUT2D eigenvalue weighted by Crippen LogP contribution is -2.12. The molecule has 1 heterocycles. The van der Waals surface area contributed by atoms with Crippen LogP contribution in [0.4, 0.5) is 0 Å². The van der Waals surface area contributed by atoms with Crippen LogP contribution in [-0.2, 0) is 6.42 Å². The lowest BCUT2D eigenvalue weighted by Gasteiger charge is -2.05. The number of para-hydroxylation sites is 1. The predicted molar refractivity (Wildman–Crippen MR) is 137 cm³/mol.